The molecule has 1 aliphatic carbocycles. The van der Waals surface area contributed by atoms with Crippen LogP contribution in [0.1, 0.15) is 124 Å². The van der Waals surface area contributed by atoms with E-state index in [1.165, 1.54) is 28.2 Å². The Labute approximate surface area is 331 Å². The van der Waals surface area contributed by atoms with Gasteiger partial charge in [0.05, 0.1) is 5.69 Å². The van der Waals surface area contributed by atoms with Crippen molar-refractivity contribution in [1.29, 1.82) is 0 Å². The molecule has 0 amide bonds. The first kappa shape index (κ1) is 42.1. The van der Waals surface area contributed by atoms with Crippen LogP contribution in [-0.2, 0) is 49.6 Å². The van der Waals surface area contributed by atoms with Gasteiger partial charge in [0.15, 0.2) is 5.78 Å². The van der Waals surface area contributed by atoms with E-state index in [1.807, 2.05) is 60.0 Å². The van der Waals surface area contributed by atoms with Gasteiger partial charge >= 0.3 is 0 Å². The third-order valence-electron chi connectivity index (χ3n) is 11.7. The van der Waals surface area contributed by atoms with Gasteiger partial charge in [0.2, 0.25) is 0 Å². The summed E-state index contributed by atoms with van der Waals surface area (Å²) >= 11 is 0. The van der Waals surface area contributed by atoms with Crippen molar-refractivity contribution in [3.63, 3.8) is 0 Å². The number of allylic oxidation sites excluding steroid dienone is 2. The van der Waals surface area contributed by atoms with Crippen molar-refractivity contribution >= 4 is 27.5 Å². The summed E-state index contributed by atoms with van der Waals surface area (Å²) in [5, 5.41) is 13.6. The number of fused-ring (bicyclic) bond motifs is 6. The fraction of sp³-hybridized carbons (Fsp3) is 0.468. The molecular formula is C47H59IrN2O3-. The molecule has 6 heteroatoms. The summed E-state index contributed by atoms with van der Waals surface area (Å²) in [4.78, 5) is 22.0. The normalized spacial score (nSPS) is 13.3. The molecule has 0 spiro atoms. The summed E-state index contributed by atoms with van der Waals surface area (Å²) in [6.45, 7) is 23.4. The van der Waals surface area contributed by atoms with E-state index in [0.29, 0.717) is 5.92 Å². The van der Waals surface area contributed by atoms with Crippen molar-refractivity contribution in [2.24, 2.45) is 16.7 Å². The van der Waals surface area contributed by atoms with E-state index in [-0.39, 0.29) is 47.9 Å². The first-order chi connectivity index (χ1) is 24.6. The molecule has 6 rings (SSSR count). The van der Waals surface area contributed by atoms with Crippen molar-refractivity contribution < 1.29 is 34.4 Å². The van der Waals surface area contributed by atoms with Gasteiger partial charge < -0.3 is 9.52 Å². The van der Waals surface area contributed by atoms with E-state index < -0.39 is 0 Å². The zero-order chi connectivity index (χ0) is 38.0. The molecule has 2 aromatic carbocycles. The maximum absolute atomic E-state index is 12.2. The molecular weight excluding hydrogens is 833 g/mol. The molecule has 5 aromatic rings. The van der Waals surface area contributed by atoms with Crippen LogP contribution in [0.25, 0.3) is 44.3 Å². The van der Waals surface area contributed by atoms with E-state index in [9.17, 15) is 9.90 Å². The average Bonchev–Trinajstić information content (AvgIpc) is 3.53. The first-order valence-corrected chi connectivity index (χ1v) is 19.4. The number of hydrogen-bond donors (Lipinski definition) is 1. The Morgan fingerprint density at radius 1 is 0.887 bits per heavy atom. The molecule has 53 heavy (non-hydrogen) atoms. The van der Waals surface area contributed by atoms with E-state index in [0.717, 1.165) is 89.6 Å². The van der Waals surface area contributed by atoms with Crippen LogP contribution in [0.5, 0.6) is 0 Å². The third-order valence-corrected chi connectivity index (χ3v) is 11.7. The Bertz CT molecular complexity index is 2090. The van der Waals surface area contributed by atoms with E-state index in [2.05, 4.69) is 77.1 Å². The molecule has 1 radical (unpaired) electrons. The van der Waals surface area contributed by atoms with Crippen LogP contribution in [0.2, 0.25) is 0 Å². The van der Waals surface area contributed by atoms with Crippen molar-refractivity contribution in [2.75, 3.05) is 0 Å². The van der Waals surface area contributed by atoms with Crippen LogP contribution >= 0.6 is 0 Å². The number of rotatable bonds is 10. The number of aryl methyl sites for hydroxylation is 1. The van der Waals surface area contributed by atoms with Crippen molar-refractivity contribution in [2.45, 2.75) is 127 Å². The minimum Gasteiger partial charge on any atom is -0.512 e. The number of ketones is 1. The number of nitrogens with zero attached hydrogens (tertiary/aromatic N) is 2. The van der Waals surface area contributed by atoms with E-state index in [1.54, 1.807) is 0 Å². The van der Waals surface area contributed by atoms with Gasteiger partial charge in [0, 0.05) is 72.5 Å². The molecule has 285 valence electrons. The van der Waals surface area contributed by atoms with Gasteiger partial charge in [-0.25, -0.2) is 0 Å². The van der Waals surface area contributed by atoms with E-state index in [4.69, 9.17) is 14.4 Å². The topological polar surface area (TPSA) is 76.2 Å². The number of aromatic nitrogens is 2. The second-order valence-corrected chi connectivity index (χ2v) is 16.6. The molecule has 5 nitrogen and oxygen atoms in total. The number of carbonyl (C=O) groups excluding carboxylic acids is 1. The van der Waals surface area contributed by atoms with Crippen molar-refractivity contribution in [3.8, 4) is 22.5 Å². The van der Waals surface area contributed by atoms with Crippen LogP contribution in [0.3, 0.4) is 0 Å². The second-order valence-electron chi connectivity index (χ2n) is 16.6. The molecule has 0 unspecified atom stereocenters. The van der Waals surface area contributed by atoms with Crippen LogP contribution in [-0.4, -0.2) is 20.9 Å². The SMILES string of the molecule is CC(C)Cc1ccnc2c1CCc1oc3ccnc(-c4[c-]c5ccccc5c(C(C)(C)C)c4)c3c1-2.CCC(C)(CC)C(=O)/C=C(\O)C(C)(CC)CC.[Ir]. The van der Waals surface area contributed by atoms with Crippen LogP contribution < -0.4 is 0 Å². The Kier molecular flexibility index (Phi) is 13.4. The molecule has 0 atom stereocenters. The Hall–Kier alpha value is -3.60. The summed E-state index contributed by atoms with van der Waals surface area (Å²) in [5.74, 6) is 1.91. The quantitative estimate of drug-likeness (QED) is 0.0859. The summed E-state index contributed by atoms with van der Waals surface area (Å²) in [6.07, 6.45) is 11.5. The van der Waals surface area contributed by atoms with Gasteiger partial charge in [-0.15, -0.1) is 29.1 Å². The molecule has 3 aromatic heterocycles. The van der Waals surface area contributed by atoms with Crippen LogP contribution in [0.4, 0.5) is 0 Å². The van der Waals surface area contributed by atoms with Crippen molar-refractivity contribution in [1.82, 2.24) is 9.97 Å². The molecule has 1 aliphatic rings. The maximum Gasteiger partial charge on any atom is 0.164 e. The molecule has 0 bridgehead atoms. The van der Waals surface area contributed by atoms with Crippen LogP contribution in [0.15, 0.2) is 71.1 Å². The molecule has 1 N–H and O–H groups in total. The smallest absolute Gasteiger partial charge is 0.164 e. The number of pyridine rings is 2. The van der Waals surface area contributed by atoms with Gasteiger partial charge in [0.25, 0.3) is 0 Å². The fourth-order valence-corrected chi connectivity index (χ4v) is 7.28. The number of benzene rings is 2. The van der Waals surface area contributed by atoms with Crippen molar-refractivity contribution in [3.05, 3.63) is 95.2 Å². The molecule has 0 saturated heterocycles. The summed E-state index contributed by atoms with van der Waals surface area (Å²) < 4.78 is 6.42. The predicted molar refractivity (Wildman–Crippen MR) is 217 cm³/mol. The fourth-order valence-electron chi connectivity index (χ4n) is 7.28. The minimum absolute atomic E-state index is 0. The van der Waals surface area contributed by atoms with Gasteiger partial charge in [0.1, 0.15) is 17.1 Å². The largest absolute Gasteiger partial charge is 0.512 e. The van der Waals surface area contributed by atoms with Gasteiger partial charge in [-0.1, -0.05) is 105 Å². The van der Waals surface area contributed by atoms with Crippen LogP contribution in [0, 0.1) is 22.8 Å². The molecule has 0 fully saturated rings. The molecule has 0 aliphatic heterocycles. The molecule has 0 saturated carbocycles. The zero-order valence-electron chi connectivity index (χ0n) is 33.8. The molecule has 3 heterocycles. The summed E-state index contributed by atoms with van der Waals surface area (Å²) in [7, 11) is 0. The first-order valence-electron chi connectivity index (χ1n) is 19.4. The monoisotopic (exact) mass is 892 g/mol. The number of aliphatic hydroxyl groups excluding tert-OH is 1. The average molecular weight is 892 g/mol. The summed E-state index contributed by atoms with van der Waals surface area (Å²) in [5.41, 5.74) is 8.45. The standard InChI is InChI=1S/C32H31N2O.C15H28O2.Ir/c1-19(2)16-21-12-14-34-31-24(21)10-11-26-29(31)28-27(35-26)13-15-33-30(28)22-17-20-8-6-7-9-23(20)25(18-22)32(3,4)5;1-7-14(5,8-2)12(16)11-13(17)15(6,9-3)10-4;/h6-9,12-15,18-19H,10-11,16H2,1-5H3;11,16H,7-10H2,1-6H3;/q-1;;/b;12-11-;. The number of aliphatic hydroxyl groups is 1. The van der Waals surface area contributed by atoms with Gasteiger partial charge in [-0.2, -0.15) is 0 Å². The summed E-state index contributed by atoms with van der Waals surface area (Å²) in [6, 6.07) is 18.7. The number of hydrogen-bond acceptors (Lipinski definition) is 5. The third kappa shape index (κ3) is 8.55. The van der Waals surface area contributed by atoms with Gasteiger partial charge in [-0.3, -0.25) is 14.8 Å². The second kappa shape index (κ2) is 16.8. The Morgan fingerprint density at radius 3 is 2.13 bits per heavy atom. The van der Waals surface area contributed by atoms with E-state index >= 15 is 0 Å². The Morgan fingerprint density at radius 2 is 1.51 bits per heavy atom. The maximum atomic E-state index is 12.2. The number of furan rings is 1. The predicted octanol–water partition coefficient (Wildman–Crippen LogP) is 12.8. The number of carbonyl (C=O) groups is 1. The van der Waals surface area contributed by atoms with Gasteiger partial charge in [-0.05, 0) is 73.1 Å². The minimum atomic E-state index is -0.337. The zero-order valence-corrected chi connectivity index (χ0v) is 36.2. The Balaban J connectivity index is 0.000000299.